The first-order valence-electron chi connectivity index (χ1n) is 8.76. The first kappa shape index (κ1) is 22.2. The van der Waals surface area contributed by atoms with Crippen molar-refractivity contribution in [1.82, 2.24) is 0 Å². The molecule has 154 valence electrons. The van der Waals surface area contributed by atoms with Gasteiger partial charge >= 0.3 is 5.97 Å². The van der Waals surface area contributed by atoms with Crippen molar-refractivity contribution < 1.29 is 24.0 Å². The van der Waals surface area contributed by atoms with E-state index in [9.17, 15) is 19.7 Å². The Morgan fingerprint density at radius 2 is 1.90 bits per heavy atom. The maximum Gasteiger partial charge on any atom is 0.316 e. The van der Waals surface area contributed by atoms with E-state index in [0.29, 0.717) is 5.75 Å². The van der Waals surface area contributed by atoms with Crippen molar-refractivity contribution in [2.24, 2.45) is 0 Å². The fraction of sp³-hybridized carbons (Fsp3) is 0.300. The standard InChI is InChI=1S/C20H22N2O6S/c1-13-4-6-15(7-5-13)11-29-12-19(23)28-14(2)20(24)21-17-9-8-16(22(25)26)10-18(17)27-3/h4-10,14H,11-12H2,1-3H3,(H,21,24)/t14-/m0/s1. The summed E-state index contributed by atoms with van der Waals surface area (Å²) in [4.78, 5) is 34.5. The van der Waals surface area contributed by atoms with Gasteiger partial charge in [0.2, 0.25) is 0 Å². The molecule has 9 heteroatoms. The molecule has 0 aromatic heterocycles. The van der Waals surface area contributed by atoms with Crippen LogP contribution in [-0.4, -0.2) is 35.8 Å². The van der Waals surface area contributed by atoms with Gasteiger partial charge in [-0.25, -0.2) is 0 Å². The van der Waals surface area contributed by atoms with E-state index in [1.807, 2.05) is 31.2 Å². The number of hydrogen-bond donors (Lipinski definition) is 1. The van der Waals surface area contributed by atoms with E-state index in [1.54, 1.807) is 0 Å². The number of aryl methyl sites for hydroxylation is 1. The van der Waals surface area contributed by atoms with Crippen molar-refractivity contribution in [1.29, 1.82) is 0 Å². The van der Waals surface area contributed by atoms with E-state index in [2.05, 4.69) is 5.32 Å². The van der Waals surface area contributed by atoms with Gasteiger partial charge in [0.15, 0.2) is 6.10 Å². The molecule has 2 rings (SSSR count). The van der Waals surface area contributed by atoms with Crippen LogP contribution in [0.1, 0.15) is 18.1 Å². The highest BCUT2D eigenvalue weighted by Gasteiger charge is 2.20. The first-order chi connectivity index (χ1) is 13.8. The normalized spacial score (nSPS) is 11.4. The second kappa shape index (κ2) is 10.5. The van der Waals surface area contributed by atoms with E-state index < -0.39 is 22.9 Å². The molecule has 2 aromatic rings. The number of nitrogens with zero attached hydrogens (tertiary/aromatic N) is 1. The number of amides is 1. The molecule has 29 heavy (non-hydrogen) atoms. The topological polar surface area (TPSA) is 108 Å². The Morgan fingerprint density at radius 1 is 1.21 bits per heavy atom. The van der Waals surface area contributed by atoms with Crippen LogP contribution in [0.15, 0.2) is 42.5 Å². The molecule has 0 saturated heterocycles. The maximum absolute atomic E-state index is 12.3. The summed E-state index contributed by atoms with van der Waals surface area (Å²) in [5.41, 5.74) is 2.36. The number of ether oxygens (including phenoxy) is 2. The summed E-state index contributed by atoms with van der Waals surface area (Å²) >= 11 is 1.40. The molecule has 2 aromatic carbocycles. The highest BCUT2D eigenvalue weighted by Crippen LogP contribution is 2.29. The lowest BCUT2D eigenvalue weighted by Gasteiger charge is -2.15. The van der Waals surface area contributed by atoms with Crippen molar-refractivity contribution in [3.05, 3.63) is 63.7 Å². The molecule has 0 unspecified atom stereocenters. The van der Waals surface area contributed by atoms with Crippen LogP contribution in [0.25, 0.3) is 0 Å². The summed E-state index contributed by atoms with van der Waals surface area (Å²) in [7, 11) is 1.34. The van der Waals surface area contributed by atoms with E-state index in [4.69, 9.17) is 9.47 Å². The van der Waals surface area contributed by atoms with Crippen LogP contribution in [-0.2, 0) is 20.1 Å². The molecule has 1 amide bonds. The zero-order valence-electron chi connectivity index (χ0n) is 16.3. The fourth-order valence-corrected chi connectivity index (χ4v) is 3.12. The van der Waals surface area contributed by atoms with E-state index in [0.717, 1.165) is 5.56 Å². The third-order valence-electron chi connectivity index (χ3n) is 3.94. The lowest BCUT2D eigenvalue weighted by atomic mass is 10.2. The number of esters is 1. The van der Waals surface area contributed by atoms with Gasteiger partial charge in [0.1, 0.15) is 5.75 Å². The number of nitrogens with one attached hydrogen (secondary N) is 1. The molecule has 0 radical (unpaired) electrons. The third-order valence-corrected chi connectivity index (χ3v) is 4.92. The first-order valence-corrected chi connectivity index (χ1v) is 9.91. The van der Waals surface area contributed by atoms with Crippen molar-refractivity contribution in [2.45, 2.75) is 25.7 Å². The molecule has 0 aliphatic heterocycles. The number of hydrogen-bond acceptors (Lipinski definition) is 7. The zero-order valence-corrected chi connectivity index (χ0v) is 17.2. The largest absolute Gasteiger partial charge is 0.494 e. The minimum Gasteiger partial charge on any atom is -0.494 e. The third kappa shape index (κ3) is 6.79. The molecule has 0 bridgehead atoms. The number of carbonyl (C=O) groups is 2. The lowest BCUT2D eigenvalue weighted by Crippen LogP contribution is -2.30. The highest BCUT2D eigenvalue weighted by atomic mass is 32.2. The molecular formula is C20H22N2O6S. The summed E-state index contributed by atoms with van der Waals surface area (Å²) in [6.45, 7) is 3.46. The Labute approximate surface area is 172 Å². The average Bonchev–Trinajstić information content (AvgIpc) is 2.69. The molecular weight excluding hydrogens is 396 g/mol. The van der Waals surface area contributed by atoms with Crippen LogP contribution in [0.2, 0.25) is 0 Å². The number of carbonyl (C=O) groups excluding carboxylic acids is 2. The molecule has 1 atom stereocenters. The van der Waals surface area contributed by atoms with Crippen molar-refractivity contribution in [3.8, 4) is 5.75 Å². The van der Waals surface area contributed by atoms with Gasteiger partial charge in [-0.3, -0.25) is 19.7 Å². The van der Waals surface area contributed by atoms with Crippen LogP contribution in [0.3, 0.4) is 0 Å². The number of rotatable bonds is 9. The minimum atomic E-state index is -1.03. The maximum atomic E-state index is 12.3. The number of benzene rings is 2. The molecule has 0 heterocycles. The quantitative estimate of drug-likeness (QED) is 0.376. The van der Waals surface area contributed by atoms with E-state index >= 15 is 0 Å². The molecule has 0 spiro atoms. The predicted octanol–water partition coefficient (Wildman–Crippen LogP) is 3.72. The average molecular weight is 418 g/mol. The van der Waals surface area contributed by atoms with Gasteiger partial charge in [0.25, 0.3) is 11.6 Å². The zero-order chi connectivity index (χ0) is 21.4. The fourth-order valence-electron chi connectivity index (χ4n) is 2.35. The van der Waals surface area contributed by atoms with Crippen molar-refractivity contribution in [2.75, 3.05) is 18.2 Å². The summed E-state index contributed by atoms with van der Waals surface area (Å²) in [6.07, 6.45) is -1.03. The van der Waals surface area contributed by atoms with Crippen LogP contribution >= 0.6 is 11.8 Å². The molecule has 0 aliphatic carbocycles. The van der Waals surface area contributed by atoms with Crippen molar-refractivity contribution >= 4 is 35.0 Å². The van der Waals surface area contributed by atoms with Gasteiger partial charge in [-0.1, -0.05) is 29.8 Å². The lowest BCUT2D eigenvalue weighted by molar-refractivity contribution is -0.384. The summed E-state index contributed by atoms with van der Waals surface area (Å²) in [5.74, 6) is -0.142. The highest BCUT2D eigenvalue weighted by molar-refractivity contribution is 7.99. The smallest absolute Gasteiger partial charge is 0.316 e. The Balaban J connectivity index is 1.84. The van der Waals surface area contributed by atoms with Crippen molar-refractivity contribution in [3.63, 3.8) is 0 Å². The molecule has 1 N–H and O–H groups in total. The Bertz CT molecular complexity index is 885. The van der Waals surface area contributed by atoms with Crippen LogP contribution in [0, 0.1) is 17.0 Å². The molecule has 0 aliphatic rings. The summed E-state index contributed by atoms with van der Waals surface area (Å²) in [6, 6.07) is 11.8. The summed E-state index contributed by atoms with van der Waals surface area (Å²) < 4.78 is 10.2. The summed E-state index contributed by atoms with van der Waals surface area (Å²) in [5, 5.41) is 13.4. The van der Waals surface area contributed by atoms with Gasteiger partial charge in [-0.15, -0.1) is 11.8 Å². The van der Waals surface area contributed by atoms with Gasteiger partial charge < -0.3 is 14.8 Å². The molecule has 0 saturated carbocycles. The van der Waals surface area contributed by atoms with Crippen LogP contribution in [0.5, 0.6) is 5.75 Å². The number of nitro benzene ring substituents is 1. The number of methoxy groups -OCH3 is 1. The Hall–Kier alpha value is -3.07. The minimum absolute atomic E-state index is 0.117. The predicted molar refractivity (Wildman–Crippen MR) is 111 cm³/mol. The van der Waals surface area contributed by atoms with Gasteiger partial charge in [0, 0.05) is 11.8 Å². The Kier molecular flexibility index (Phi) is 8.02. The van der Waals surface area contributed by atoms with Crippen LogP contribution < -0.4 is 10.1 Å². The monoisotopic (exact) mass is 418 g/mol. The number of non-ortho nitro benzene ring substituents is 1. The second-order valence-corrected chi connectivity index (χ2v) is 7.23. The second-order valence-electron chi connectivity index (χ2n) is 6.24. The van der Waals surface area contributed by atoms with Gasteiger partial charge in [-0.05, 0) is 25.5 Å². The van der Waals surface area contributed by atoms with Crippen LogP contribution in [0.4, 0.5) is 11.4 Å². The molecule has 0 fully saturated rings. The van der Waals surface area contributed by atoms with Gasteiger partial charge in [0.05, 0.1) is 29.5 Å². The van der Waals surface area contributed by atoms with E-state index in [-0.39, 0.29) is 22.9 Å². The SMILES string of the molecule is COc1cc([N+](=O)[O-])ccc1NC(=O)[C@H](C)OC(=O)CSCc1ccc(C)cc1. The van der Waals surface area contributed by atoms with E-state index in [1.165, 1.54) is 49.6 Å². The van der Waals surface area contributed by atoms with Gasteiger partial charge in [-0.2, -0.15) is 0 Å². The number of nitro groups is 1. The number of thioether (sulfide) groups is 1. The number of anilines is 1. The Morgan fingerprint density at radius 3 is 2.52 bits per heavy atom. The molecule has 8 nitrogen and oxygen atoms in total.